The van der Waals surface area contributed by atoms with Gasteiger partial charge in [-0.3, -0.25) is 9.59 Å². The number of carbonyl (C=O) groups is 2. The van der Waals surface area contributed by atoms with E-state index in [1.54, 1.807) is 0 Å². The van der Waals surface area contributed by atoms with Crippen LogP contribution < -0.4 is 14.7 Å². The molecular formula is C22H24F3N3O2+2. The molecule has 2 aliphatic rings. The Morgan fingerprint density at radius 1 is 0.933 bits per heavy atom. The van der Waals surface area contributed by atoms with Crippen LogP contribution in [0, 0.1) is 0 Å². The minimum absolute atomic E-state index is 0.00457. The quantitative estimate of drug-likeness (QED) is 0.702. The molecule has 0 aromatic heterocycles. The van der Waals surface area contributed by atoms with Gasteiger partial charge in [0.05, 0.1) is 17.7 Å². The van der Waals surface area contributed by atoms with Crippen LogP contribution in [0.5, 0.6) is 0 Å². The summed E-state index contributed by atoms with van der Waals surface area (Å²) in [6, 6.07) is 14.1. The van der Waals surface area contributed by atoms with Gasteiger partial charge in [0.1, 0.15) is 32.7 Å². The smallest absolute Gasteiger partial charge is 0.322 e. The Morgan fingerprint density at radius 3 is 2.30 bits per heavy atom. The van der Waals surface area contributed by atoms with Gasteiger partial charge in [-0.15, -0.1) is 0 Å². The molecule has 8 heteroatoms. The molecule has 4 rings (SSSR count). The summed E-state index contributed by atoms with van der Waals surface area (Å²) in [7, 11) is 0. The minimum atomic E-state index is -4.52. The van der Waals surface area contributed by atoms with Crippen molar-refractivity contribution in [2.45, 2.75) is 25.2 Å². The normalized spacial score (nSPS) is 25.0. The van der Waals surface area contributed by atoms with Gasteiger partial charge < -0.3 is 9.80 Å². The predicted octanol–water partition coefficient (Wildman–Crippen LogP) is 0.321. The topological polar surface area (TPSA) is 46.3 Å². The van der Waals surface area contributed by atoms with E-state index in [9.17, 15) is 22.8 Å². The maximum atomic E-state index is 13.0. The van der Waals surface area contributed by atoms with Gasteiger partial charge in [-0.1, -0.05) is 36.4 Å². The molecule has 0 bridgehead atoms. The molecule has 0 spiro atoms. The van der Waals surface area contributed by atoms with Crippen molar-refractivity contribution in [3.05, 3.63) is 65.7 Å². The number of amides is 2. The number of rotatable bonds is 4. The van der Waals surface area contributed by atoms with Crippen molar-refractivity contribution < 1.29 is 32.6 Å². The van der Waals surface area contributed by atoms with Gasteiger partial charge in [-0.25, -0.2) is 4.90 Å². The lowest BCUT2D eigenvalue weighted by atomic mass is 10.1. The Bertz CT molecular complexity index is 925. The number of anilines is 1. The molecule has 2 heterocycles. The summed E-state index contributed by atoms with van der Waals surface area (Å²) < 4.78 is 39.0. The summed E-state index contributed by atoms with van der Waals surface area (Å²) in [6.45, 7) is 4.18. The number of nitrogens with one attached hydrogen (secondary N) is 2. The Labute approximate surface area is 172 Å². The number of benzene rings is 2. The first kappa shape index (κ1) is 20.6. The molecule has 0 radical (unpaired) electrons. The maximum absolute atomic E-state index is 13.0. The zero-order chi connectivity index (χ0) is 21.3. The van der Waals surface area contributed by atoms with Crippen LogP contribution in [0.15, 0.2) is 54.6 Å². The van der Waals surface area contributed by atoms with Gasteiger partial charge in [0, 0.05) is 5.56 Å². The highest BCUT2D eigenvalue weighted by Crippen LogP contribution is 2.32. The standard InChI is InChI=1S/C22H22F3N3O2/c23-22(24,25)17-7-4-8-18(13-17)28-20(29)14-19(21(28)30)27-11-9-26(10-12-27)15-16-5-2-1-3-6-16/h1-8,13,19H,9-12,14-15H2/p+2/t19-/m0/s1. The van der Waals surface area contributed by atoms with E-state index in [1.165, 1.54) is 22.6 Å². The van der Waals surface area contributed by atoms with Gasteiger partial charge in [0.25, 0.3) is 5.91 Å². The molecule has 2 amide bonds. The number of carbonyl (C=O) groups excluding carboxylic acids is 2. The first-order chi connectivity index (χ1) is 14.3. The van der Waals surface area contributed by atoms with Crippen LogP contribution in [0.3, 0.4) is 0 Å². The lowest BCUT2D eigenvalue weighted by Gasteiger charge is -2.32. The summed E-state index contributed by atoms with van der Waals surface area (Å²) in [6.07, 6.45) is -4.48. The van der Waals surface area contributed by atoms with Crippen molar-refractivity contribution in [2.75, 3.05) is 31.1 Å². The van der Waals surface area contributed by atoms with Crippen LogP contribution >= 0.6 is 0 Å². The lowest BCUT2D eigenvalue weighted by Crippen LogP contribution is -3.29. The zero-order valence-corrected chi connectivity index (χ0v) is 16.4. The first-order valence-corrected chi connectivity index (χ1v) is 10.1. The average molecular weight is 419 g/mol. The molecule has 2 N–H and O–H groups in total. The Hall–Kier alpha value is -2.71. The van der Waals surface area contributed by atoms with Crippen molar-refractivity contribution in [1.82, 2.24) is 0 Å². The minimum Gasteiger partial charge on any atom is -0.322 e. The number of alkyl halides is 3. The van der Waals surface area contributed by atoms with E-state index < -0.39 is 29.6 Å². The largest absolute Gasteiger partial charge is 0.416 e. The second-order valence-electron chi connectivity index (χ2n) is 7.94. The summed E-state index contributed by atoms with van der Waals surface area (Å²) in [5.41, 5.74) is 0.392. The summed E-state index contributed by atoms with van der Waals surface area (Å²) in [5, 5.41) is 0. The second-order valence-corrected chi connectivity index (χ2v) is 7.94. The summed E-state index contributed by atoms with van der Waals surface area (Å²) >= 11 is 0. The first-order valence-electron chi connectivity index (χ1n) is 10.1. The fraction of sp³-hybridized carbons (Fsp3) is 0.364. The van der Waals surface area contributed by atoms with Gasteiger partial charge in [0.2, 0.25) is 5.91 Å². The van der Waals surface area contributed by atoms with E-state index >= 15 is 0 Å². The van der Waals surface area contributed by atoms with Gasteiger partial charge in [-0.05, 0) is 18.2 Å². The van der Waals surface area contributed by atoms with E-state index in [-0.39, 0.29) is 12.1 Å². The highest BCUT2D eigenvalue weighted by molar-refractivity contribution is 6.21. The Kier molecular flexibility index (Phi) is 5.62. The molecule has 2 saturated heterocycles. The van der Waals surface area contributed by atoms with Crippen LogP contribution in [0.4, 0.5) is 18.9 Å². The van der Waals surface area contributed by atoms with Crippen LogP contribution in [0.2, 0.25) is 0 Å². The number of quaternary nitrogens is 2. The van der Waals surface area contributed by atoms with E-state index in [0.29, 0.717) is 0 Å². The molecule has 158 valence electrons. The van der Waals surface area contributed by atoms with Crippen molar-refractivity contribution in [1.29, 1.82) is 0 Å². The average Bonchev–Trinajstić information content (AvgIpc) is 3.03. The van der Waals surface area contributed by atoms with Crippen LogP contribution in [0.25, 0.3) is 0 Å². The maximum Gasteiger partial charge on any atom is 0.416 e. The number of piperazine rings is 1. The molecule has 2 aromatic rings. The van der Waals surface area contributed by atoms with Crippen molar-refractivity contribution in [3.8, 4) is 0 Å². The monoisotopic (exact) mass is 419 g/mol. The van der Waals surface area contributed by atoms with E-state index in [4.69, 9.17) is 0 Å². The highest BCUT2D eigenvalue weighted by atomic mass is 19.4. The van der Waals surface area contributed by atoms with E-state index in [2.05, 4.69) is 12.1 Å². The number of imide groups is 1. The third-order valence-electron chi connectivity index (χ3n) is 5.97. The molecule has 0 unspecified atom stereocenters. The van der Waals surface area contributed by atoms with Crippen molar-refractivity contribution in [3.63, 3.8) is 0 Å². The predicted molar refractivity (Wildman–Crippen MR) is 104 cm³/mol. The molecular weight excluding hydrogens is 395 g/mol. The fourth-order valence-corrected chi connectivity index (χ4v) is 4.38. The molecule has 1 atom stereocenters. The van der Waals surface area contributed by atoms with Crippen LogP contribution in [0.1, 0.15) is 17.5 Å². The molecule has 2 aromatic carbocycles. The third-order valence-corrected chi connectivity index (χ3v) is 5.97. The van der Waals surface area contributed by atoms with Gasteiger partial charge >= 0.3 is 6.18 Å². The van der Waals surface area contributed by atoms with Crippen LogP contribution in [-0.2, 0) is 22.3 Å². The molecule has 2 fully saturated rings. The van der Waals surface area contributed by atoms with Crippen molar-refractivity contribution >= 4 is 17.5 Å². The Morgan fingerprint density at radius 2 is 1.63 bits per heavy atom. The third kappa shape index (κ3) is 4.24. The number of nitrogens with zero attached hydrogens (tertiary/aromatic N) is 1. The SMILES string of the molecule is O=C1C[C@H]([NH+]2CC[NH+](Cc3ccccc3)CC2)C(=O)N1c1cccc(C(F)(F)F)c1. The Balaban J connectivity index is 1.41. The molecule has 5 nitrogen and oxygen atoms in total. The zero-order valence-electron chi connectivity index (χ0n) is 16.4. The number of hydrogen-bond donors (Lipinski definition) is 2. The number of halogens is 3. The van der Waals surface area contributed by atoms with Crippen LogP contribution in [-0.4, -0.2) is 44.0 Å². The highest BCUT2D eigenvalue weighted by Gasteiger charge is 2.47. The number of hydrogen-bond acceptors (Lipinski definition) is 2. The van der Waals surface area contributed by atoms with Crippen molar-refractivity contribution in [2.24, 2.45) is 0 Å². The van der Waals surface area contributed by atoms with Gasteiger partial charge in [0.15, 0.2) is 6.04 Å². The summed E-state index contributed by atoms with van der Waals surface area (Å²) in [5.74, 6) is -0.836. The molecule has 2 aliphatic heterocycles. The van der Waals surface area contributed by atoms with E-state index in [0.717, 1.165) is 54.7 Å². The lowest BCUT2D eigenvalue weighted by molar-refractivity contribution is -1.02. The fourth-order valence-electron chi connectivity index (χ4n) is 4.38. The van der Waals surface area contributed by atoms with E-state index in [1.807, 2.05) is 18.2 Å². The van der Waals surface area contributed by atoms with Gasteiger partial charge in [-0.2, -0.15) is 13.2 Å². The summed E-state index contributed by atoms with van der Waals surface area (Å²) in [4.78, 5) is 28.9. The molecule has 0 aliphatic carbocycles. The molecule has 30 heavy (non-hydrogen) atoms. The second kappa shape index (κ2) is 8.20. The molecule has 0 saturated carbocycles.